The van der Waals surface area contributed by atoms with Crippen LogP contribution in [0.3, 0.4) is 0 Å². The molecule has 0 spiro atoms. The highest BCUT2D eigenvalue weighted by Gasteiger charge is 2.34. The van der Waals surface area contributed by atoms with E-state index in [0.717, 1.165) is 16.4 Å². The number of nitrogens with one attached hydrogen (secondary N) is 1. The van der Waals surface area contributed by atoms with Crippen LogP contribution in [0.25, 0.3) is 21.9 Å². The first-order chi connectivity index (χ1) is 18.4. The predicted molar refractivity (Wildman–Crippen MR) is 157 cm³/mol. The summed E-state index contributed by atoms with van der Waals surface area (Å²) >= 11 is 6.03. The van der Waals surface area contributed by atoms with Crippen LogP contribution >= 0.6 is 19.3 Å². The largest absolute Gasteiger partial charge is 0.459 e. The predicted octanol–water partition coefficient (Wildman–Crippen LogP) is 7.15. The van der Waals surface area contributed by atoms with Crippen LogP contribution in [0, 0.1) is 5.41 Å². The van der Waals surface area contributed by atoms with E-state index < -0.39 is 7.75 Å². The first kappa shape index (κ1) is 29.3. The molecule has 39 heavy (non-hydrogen) atoms. The van der Waals surface area contributed by atoms with Crippen molar-refractivity contribution in [3.63, 3.8) is 0 Å². The second-order valence-corrected chi connectivity index (χ2v) is 12.8. The highest BCUT2D eigenvalue weighted by Crippen LogP contribution is 2.47. The van der Waals surface area contributed by atoms with Gasteiger partial charge in [-0.3, -0.25) is 4.52 Å². The normalized spacial score (nSPS) is 15.4. The van der Waals surface area contributed by atoms with Crippen LogP contribution in [-0.2, 0) is 20.4 Å². The number of hydrogen-bond donors (Lipinski definition) is 2. The van der Waals surface area contributed by atoms with Crippen LogP contribution in [0.1, 0.15) is 53.4 Å². The van der Waals surface area contributed by atoms with Crippen molar-refractivity contribution in [1.29, 1.82) is 0 Å². The molecule has 210 valence electrons. The fourth-order valence-electron chi connectivity index (χ4n) is 4.07. The number of hydrogen-bond acceptors (Lipinski definition) is 7. The Morgan fingerprint density at radius 3 is 2.46 bits per heavy atom. The molecule has 3 N–H and O–H groups in total. The minimum absolute atomic E-state index is 0.0653. The lowest BCUT2D eigenvalue weighted by molar-refractivity contribution is 0.122. The van der Waals surface area contributed by atoms with Crippen molar-refractivity contribution in [2.75, 3.05) is 18.9 Å². The fraction of sp³-hybridized carbons (Fsp3) is 0.429. The van der Waals surface area contributed by atoms with Gasteiger partial charge in [0.2, 0.25) is 0 Å². The smallest absolute Gasteiger partial charge is 0.413 e. The maximum atomic E-state index is 14.1. The van der Waals surface area contributed by atoms with Gasteiger partial charge in [-0.05, 0) is 56.5 Å². The third kappa shape index (κ3) is 6.73. The molecule has 11 heteroatoms. The summed E-state index contributed by atoms with van der Waals surface area (Å²) in [6.45, 7) is 12.9. The molecule has 2 heterocycles. The molecule has 9 nitrogen and oxygen atoms in total. The second-order valence-electron chi connectivity index (χ2n) is 10.7. The van der Waals surface area contributed by atoms with E-state index in [-0.39, 0.29) is 30.7 Å². The number of rotatable bonds is 11. The number of para-hydroxylation sites is 1. The molecular formula is C28H37ClN5O4P. The quantitative estimate of drug-likeness (QED) is 0.182. The topological polar surface area (TPSA) is 114 Å². The molecule has 0 unspecified atom stereocenters. The highest BCUT2D eigenvalue weighted by atomic mass is 35.5. The summed E-state index contributed by atoms with van der Waals surface area (Å²) in [6.07, 6.45) is 0. The van der Waals surface area contributed by atoms with E-state index in [9.17, 15) is 4.57 Å². The average Bonchev–Trinajstić information content (AvgIpc) is 3.27. The average molecular weight is 574 g/mol. The van der Waals surface area contributed by atoms with Crippen LogP contribution in [-0.4, -0.2) is 33.8 Å². The van der Waals surface area contributed by atoms with Gasteiger partial charge >= 0.3 is 7.75 Å². The highest BCUT2D eigenvalue weighted by molar-refractivity contribution is 7.52. The third-order valence-corrected chi connectivity index (χ3v) is 8.57. The molecule has 0 aliphatic rings. The minimum atomic E-state index is -3.81. The van der Waals surface area contributed by atoms with Gasteiger partial charge < -0.3 is 19.6 Å². The summed E-state index contributed by atoms with van der Waals surface area (Å²) in [6, 6.07) is 14.0. The number of benzene rings is 2. The number of pyridine rings is 1. The molecule has 0 bridgehead atoms. The molecule has 2 aromatic heterocycles. The van der Waals surface area contributed by atoms with E-state index in [1.165, 1.54) is 0 Å². The molecule has 4 rings (SSSR count). The van der Waals surface area contributed by atoms with Crippen molar-refractivity contribution in [3.8, 4) is 5.75 Å². The van der Waals surface area contributed by atoms with Crippen molar-refractivity contribution in [3.05, 3.63) is 59.4 Å². The number of halogens is 1. The van der Waals surface area contributed by atoms with E-state index in [2.05, 4.69) is 30.8 Å². The molecule has 0 aliphatic carbocycles. The Morgan fingerprint density at radius 1 is 1.10 bits per heavy atom. The van der Waals surface area contributed by atoms with Gasteiger partial charge in [0.1, 0.15) is 23.7 Å². The summed E-state index contributed by atoms with van der Waals surface area (Å²) < 4.78 is 33.9. The van der Waals surface area contributed by atoms with Gasteiger partial charge in [-0.15, -0.1) is 0 Å². The number of fused-ring (bicyclic) bond motifs is 3. The van der Waals surface area contributed by atoms with Crippen LogP contribution in [0.2, 0.25) is 5.02 Å². The molecule has 0 aliphatic heterocycles. The van der Waals surface area contributed by atoms with Crippen LogP contribution in [0.4, 0.5) is 5.82 Å². The summed E-state index contributed by atoms with van der Waals surface area (Å²) in [7, 11) is -3.81. The molecule has 2 aromatic carbocycles. The molecule has 0 radical (unpaired) electrons. The lowest BCUT2D eigenvalue weighted by Gasteiger charge is -2.32. The van der Waals surface area contributed by atoms with Gasteiger partial charge in [0.15, 0.2) is 5.82 Å². The van der Waals surface area contributed by atoms with E-state index in [0.29, 0.717) is 34.5 Å². The van der Waals surface area contributed by atoms with Crippen LogP contribution in [0.5, 0.6) is 5.75 Å². The van der Waals surface area contributed by atoms with E-state index in [1.54, 1.807) is 24.3 Å². The number of anilines is 1. The van der Waals surface area contributed by atoms with Crippen molar-refractivity contribution < 1.29 is 18.3 Å². The van der Waals surface area contributed by atoms with Crippen LogP contribution in [0.15, 0.2) is 48.5 Å². The Balaban J connectivity index is 1.71. The lowest BCUT2D eigenvalue weighted by atomic mass is 9.89. The molecule has 0 fully saturated rings. The number of ether oxygens (including phenoxy) is 1. The Kier molecular flexibility index (Phi) is 8.88. The minimum Gasteiger partial charge on any atom is -0.413 e. The monoisotopic (exact) mass is 573 g/mol. The van der Waals surface area contributed by atoms with Gasteiger partial charge in [0.25, 0.3) is 0 Å². The van der Waals surface area contributed by atoms with E-state index in [4.69, 9.17) is 36.1 Å². The van der Waals surface area contributed by atoms with Gasteiger partial charge in [-0.2, -0.15) is 0 Å². The molecule has 0 amide bonds. The SMILES string of the molecule is CCOCc1nc2c(N)nc3ccccc3c2n1[C@@H](C)CO[P@@](=O)(N[C@@H](C)C(C)(C)C)Oc1ccc(Cl)cc1. The van der Waals surface area contributed by atoms with Gasteiger partial charge in [-0.1, -0.05) is 50.6 Å². The number of nitrogens with two attached hydrogens (primary N) is 1. The van der Waals surface area contributed by atoms with Gasteiger partial charge in [0.05, 0.1) is 23.7 Å². The number of nitrogen functional groups attached to an aromatic ring is 1. The third-order valence-electron chi connectivity index (χ3n) is 6.68. The Labute approximate surface area is 234 Å². The summed E-state index contributed by atoms with van der Waals surface area (Å²) in [5, 5.41) is 4.58. The lowest BCUT2D eigenvalue weighted by Crippen LogP contribution is -2.37. The van der Waals surface area contributed by atoms with E-state index in [1.807, 2.05) is 49.6 Å². The molecule has 4 aromatic rings. The maximum absolute atomic E-state index is 14.1. The zero-order chi connectivity index (χ0) is 28.4. The zero-order valence-electron chi connectivity index (χ0n) is 23.3. The zero-order valence-corrected chi connectivity index (χ0v) is 24.9. The molecule has 3 atom stereocenters. The standard InChI is InChI=1S/C28H37ClN5O4P/c1-7-36-17-24-32-25-26(22-10-8-9-11-23(22)31-27(25)30)34(24)18(2)16-37-39(35,33-19(3)28(4,5)6)38-21-14-12-20(29)13-15-21/h8-15,18-19H,7,16-17H2,1-6H3,(H2,30,31)(H,33,35)/t18-,19-,39-/m0/s1. The van der Waals surface area contributed by atoms with Gasteiger partial charge in [0, 0.05) is 23.1 Å². The van der Waals surface area contributed by atoms with E-state index >= 15 is 0 Å². The first-order valence-corrected chi connectivity index (χ1v) is 14.9. The summed E-state index contributed by atoms with van der Waals surface area (Å²) in [5.74, 6) is 1.40. The number of nitrogens with zero attached hydrogens (tertiary/aromatic N) is 3. The van der Waals surface area contributed by atoms with Crippen LogP contribution < -0.4 is 15.3 Å². The van der Waals surface area contributed by atoms with Crippen molar-refractivity contribution in [2.24, 2.45) is 5.41 Å². The Morgan fingerprint density at radius 2 is 1.79 bits per heavy atom. The van der Waals surface area contributed by atoms with Crippen molar-refractivity contribution in [2.45, 2.75) is 60.2 Å². The Hall–Kier alpha value is -2.68. The number of imidazole rings is 1. The fourth-order valence-corrected chi connectivity index (χ4v) is 6.05. The first-order valence-electron chi connectivity index (χ1n) is 13.0. The summed E-state index contributed by atoms with van der Waals surface area (Å²) in [4.78, 5) is 9.33. The second kappa shape index (κ2) is 11.8. The molecule has 0 saturated carbocycles. The summed E-state index contributed by atoms with van der Waals surface area (Å²) in [5.41, 5.74) is 8.32. The maximum Gasteiger partial charge on any atom is 0.459 e. The molecular weight excluding hydrogens is 537 g/mol. The van der Waals surface area contributed by atoms with Gasteiger partial charge in [-0.25, -0.2) is 19.6 Å². The molecule has 0 saturated heterocycles. The number of aromatic nitrogens is 3. The Bertz CT molecular complexity index is 1490. The van der Waals surface area contributed by atoms with Crippen molar-refractivity contribution >= 4 is 47.1 Å². The van der Waals surface area contributed by atoms with Crippen molar-refractivity contribution in [1.82, 2.24) is 19.6 Å².